The number of hydrogen-bond acceptors (Lipinski definition) is 3. The third-order valence-electron chi connectivity index (χ3n) is 3.60. The largest absolute Gasteiger partial charge is 0.391 e. The highest BCUT2D eigenvalue weighted by Crippen LogP contribution is 2.19. The van der Waals surface area contributed by atoms with Crippen molar-refractivity contribution < 1.29 is 9.90 Å². The molecule has 0 aromatic carbocycles. The maximum Gasteiger partial charge on any atom is 0.223 e. The Balaban J connectivity index is 1.78. The molecule has 19 heavy (non-hydrogen) atoms. The first-order valence-electron chi connectivity index (χ1n) is 7.01. The number of aryl methyl sites for hydroxylation is 1. The monoisotopic (exact) mass is 265 g/mol. The van der Waals surface area contributed by atoms with Crippen LogP contribution in [0.4, 0.5) is 0 Å². The summed E-state index contributed by atoms with van der Waals surface area (Å²) in [5.41, 5.74) is 1.12. The van der Waals surface area contributed by atoms with E-state index in [0.29, 0.717) is 12.5 Å². The first-order valence-corrected chi connectivity index (χ1v) is 7.01. The summed E-state index contributed by atoms with van der Waals surface area (Å²) in [6.45, 7) is 5.33. The molecule has 0 bridgehead atoms. The minimum absolute atomic E-state index is 0.00968. The van der Waals surface area contributed by atoms with Crippen LogP contribution in [0.5, 0.6) is 0 Å². The van der Waals surface area contributed by atoms with E-state index in [1.165, 1.54) is 0 Å². The predicted octanol–water partition coefficient (Wildman–Crippen LogP) is 0.969. The summed E-state index contributed by atoms with van der Waals surface area (Å²) in [4.78, 5) is 16.2. The summed E-state index contributed by atoms with van der Waals surface area (Å²) in [6, 6.07) is 0. The molecule has 0 radical (unpaired) electrons. The molecule has 0 saturated carbocycles. The minimum atomic E-state index is -0.446. The van der Waals surface area contributed by atoms with Crippen LogP contribution in [0.15, 0.2) is 12.5 Å². The molecule has 0 aliphatic carbocycles. The van der Waals surface area contributed by atoms with Crippen molar-refractivity contribution in [2.75, 3.05) is 6.54 Å². The number of carbonyl (C=O) groups is 1. The summed E-state index contributed by atoms with van der Waals surface area (Å²) < 4.78 is 2.09. The molecule has 1 amide bonds. The SMILES string of the molecule is CC(C)CC(O)CNC(=O)C1CCn2cncc2C1. The van der Waals surface area contributed by atoms with Gasteiger partial charge in [-0.25, -0.2) is 4.98 Å². The quantitative estimate of drug-likeness (QED) is 0.833. The number of rotatable bonds is 5. The molecule has 2 rings (SSSR count). The van der Waals surface area contributed by atoms with Gasteiger partial charge in [0.05, 0.1) is 12.4 Å². The van der Waals surface area contributed by atoms with Crippen LogP contribution < -0.4 is 5.32 Å². The maximum absolute atomic E-state index is 12.1. The number of aliphatic hydroxyl groups excluding tert-OH is 1. The van der Waals surface area contributed by atoms with Crippen molar-refractivity contribution in [1.29, 1.82) is 0 Å². The zero-order chi connectivity index (χ0) is 13.8. The van der Waals surface area contributed by atoms with E-state index < -0.39 is 6.10 Å². The standard InChI is InChI=1S/C14H23N3O2/c1-10(2)5-13(18)8-16-14(19)11-3-4-17-9-15-7-12(17)6-11/h7,9-11,13,18H,3-6,8H2,1-2H3,(H,16,19). The Hall–Kier alpha value is -1.36. The molecule has 0 saturated heterocycles. The second-order valence-corrected chi connectivity index (χ2v) is 5.80. The Labute approximate surface area is 114 Å². The van der Waals surface area contributed by atoms with Gasteiger partial charge in [0.25, 0.3) is 0 Å². The van der Waals surface area contributed by atoms with Crippen molar-refractivity contribution in [3.8, 4) is 0 Å². The minimum Gasteiger partial charge on any atom is -0.391 e. The molecule has 0 fully saturated rings. The normalized spacial score (nSPS) is 20.1. The number of nitrogens with zero attached hydrogens (tertiary/aromatic N) is 2. The lowest BCUT2D eigenvalue weighted by Crippen LogP contribution is -2.39. The third-order valence-corrected chi connectivity index (χ3v) is 3.60. The molecule has 106 valence electrons. The van der Waals surface area contributed by atoms with Crippen LogP contribution in [0.1, 0.15) is 32.4 Å². The molecule has 2 heterocycles. The zero-order valence-electron chi connectivity index (χ0n) is 11.7. The van der Waals surface area contributed by atoms with Crippen LogP contribution >= 0.6 is 0 Å². The Morgan fingerprint density at radius 1 is 1.63 bits per heavy atom. The van der Waals surface area contributed by atoms with Gasteiger partial charge in [-0.05, 0) is 18.8 Å². The van der Waals surface area contributed by atoms with Gasteiger partial charge < -0.3 is 15.0 Å². The molecular weight excluding hydrogens is 242 g/mol. The van der Waals surface area contributed by atoms with Crippen LogP contribution in [0.2, 0.25) is 0 Å². The van der Waals surface area contributed by atoms with Gasteiger partial charge in [-0.1, -0.05) is 13.8 Å². The molecule has 5 nitrogen and oxygen atoms in total. The van der Waals surface area contributed by atoms with Gasteiger partial charge in [-0.15, -0.1) is 0 Å². The number of carbonyl (C=O) groups excluding carboxylic acids is 1. The Bertz CT molecular complexity index is 428. The highest BCUT2D eigenvalue weighted by molar-refractivity contribution is 5.79. The number of aromatic nitrogens is 2. The first-order chi connectivity index (χ1) is 9.06. The van der Waals surface area contributed by atoms with Gasteiger partial charge in [0.15, 0.2) is 0 Å². The molecule has 1 aliphatic rings. The summed E-state index contributed by atoms with van der Waals surface area (Å²) in [5.74, 6) is 0.502. The zero-order valence-corrected chi connectivity index (χ0v) is 11.7. The average molecular weight is 265 g/mol. The number of aliphatic hydroxyl groups is 1. The Morgan fingerprint density at radius 2 is 2.42 bits per heavy atom. The summed E-state index contributed by atoms with van der Waals surface area (Å²) in [6.07, 6.45) is 5.50. The van der Waals surface area contributed by atoms with Gasteiger partial charge >= 0.3 is 0 Å². The molecule has 5 heteroatoms. The van der Waals surface area contributed by atoms with Crippen molar-refractivity contribution in [2.24, 2.45) is 11.8 Å². The average Bonchev–Trinajstić information content (AvgIpc) is 2.82. The third kappa shape index (κ3) is 3.80. The van der Waals surface area contributed by atoms with Crippen LogP contribution in [-0.2, 0) is 17.8 Å². The molecular formula is C14H23N3O2. The van der Waals surface area contributed by atoms with Crippen LogP contribution in [0, 0.1) is 11.8 Å². The van der Waals surface area contributed by atoms with Gasteiger partial charge in [-0.2, -0.15) is 0 Å². The number of hydrogen-bond donors (Lipinski definition) is 2. The molecule has 1 aromatic heterocycles. The van der Waals surface area contributed by atoms with E-state index in [0.717, 1.165) is 31.5 Å². The molecule has 2 N–H and O–H groups in total. The van der Waals surface area contributed by atoms with Crippen LogP contribution in [0.3, 0.4) is 0 Å². The van der Waals surface area contributed by atoms with E-state index in [2.05, 4.69) is 28.7 Å². The summed E-state index contributed by atoms with van der Waals surface area (Å²) >= 11 is 0. The molecule has 2 unspecified atom stereocenters. The van der Waals surface area contributed by atoms with Crippen molar-refractivity contribution in [2.45, 2.75) is 45.8 Å². The maximum atomic E-state index is 12.1. The van der Waals surface area contributed by atoms with Crippen molar-refractivity contribution in [1.82, 2.24) is 14.9 Å². The van der Waals surface area contributed by atoms with Crippen LogP contribution in [0.25, 0.3) is 0 Å². The highest BCUT2D eigenvalue weighted by Gasteiger charge is 2.24. The molecule has 1 aliphatic heterocycles. The van der Waals surface area contributed by atoms with E-state index in [4.69, 9.17) is 0 Å². The second-order valence-electron chi connectivity index (χ2n) is 5.80. The predicted molar refractivity (Wildman–Crippen MR) is 72.5 cm³/mol. The lowest BCUT2D eigenvalue weighted by atomic mass is 9.95. The number of fused-ring (bicyclic) bond motifs is 1. The van der Waals surface area contributed by atoms with E-state index in [-0.39, 0.29) is 11.8 Å². The molecule has 1 aromatic rings. The van der Waals surface area contributed by atoms with E-state index in [1.807, 2.05) is 12.5 Å². The fourth-order valence-corrected chi connectivity index (χ4v) is 2.58. The topological polar surface area (TPSA) is 67.2 Å². The van der Waals surface area contributed by atoms with E-state index in [1.54, 1.807) is 0 Å². The van der Waals surface area contributed by atoms with Crippen LogP contribution in [-0.4, -0.2) is 33.2 Å². The fraction of sp³-hybridized carbons (Fsp3) is 0.714. The molecule has 0 spiro atoms. The lowest BCUT2D eigenvalue weighted by Gasteiger charge is -2.23. The summed E-state index contributed by atoms with van der Waals surface area (Å²) in [7, 11) is 0. The summed E-state index contributed by atoms with van der Waals surface area (Å²) in [5, 5.41) is 12.6. The van der Waals surface area contributed by atoms with E-state index >= 15 is 0 Å². The van der Waals surface area contributed by atoms with Gasteiger partial charge in [0.2, 0.25) is 5.91 Å². The van der Waals surface area contributed by atoms with Crippen molar-refractivity contribution in [3.63, 3.8) is 0 Å². The Kier molecular flexibility index (Phi) is 4.58. The second kappa shape index (κ2) is 6.19. The smallest absolute Gasteiger partial charge is 0.223 e. The van der Waals surface area contributed by atoms with Gasteiger partial charge in [0, 0.05) is 37.3 Å². The Morgan fingerprint density at radius 3 is 3.16 bits per heavy atom. The van der Waals surface area contributed by atoms with Gasteiger partial charge in [-0.3, -0.25) is 4.79 Å². The molecule has 2 atom stereocenters. The van der Waals surface area contributed by atoms with Crippen molar-refractivity contribution >= 4 is 5.91 Å². The van der Waals surface area contributed by atoms with E-state index in [9.17, 15) is 9.90 Å². The fourth-order valence-electron chi connectivity index (χ4n) is 2.58. The first kappa shape index (κ1) is 14.1. The highest BCUT2D eigenvalue weighted by atomic mass is 16.3. The lowest BCUT2D eigenvalue weighted by molar-refractivity contribution is -0.126. The van der Waals surface area contributed by atoms with Crippen molar-refractivity contribution in [3.05, 3.63) is 18.2 Å². The number of imidazole rings is 1. The number of nitrogens with one attached hydrogen (secondary N) is 1. The number of amides is 1. The van der Waals surface area contributed by atoms with Gasteiger partial charge in [0.1, 0.15) is 0 Å².